The molecule has 1 unspecified atom stereocenters. The molecule has 66 valence electrons. The minimum Gasteiger partial charge on any atom is -0.479 e. The van der Waals surface area contributed by atoms with Crippen LogP contribution in [0.5, 0.6) is 0 Å². The SMILES string of the molecule is Br.C=CC(C(=O)O)n1ccnc1. The Morgan fingerprint density at radius 3 is 2.75 bits per heavy atom. The lowest BCUT2D eigenvalue weighted by Crippen LogP contribution is -2.14. The van der Waals surface area contributed by atoms with Crippen molar-refractivity contribution in [2.45, 2.75) is 6.04 Å². The van der Waals surface area contributed by atoms with Gasteiger partial charge >= 0.3 is 5.97 Å². The second-order valence-electron chi connectivity index (χ2n) is 2.03. The maximum absolute atomic E-state index is 10.5. The van der Waals surface area contributed by atoms with E-state index in [1.165, 1.54) is 23.2 Å². The van der Waals surface area contributed by atoms with Crippen LogP contribution in [0.1, 0.15) is 6.04 Å². The molecule has 0 bridgehead atoms. The molecule has 0 saturated heterocycles. The van der Waals surface area contributed by atoms with Gasteiger partial charge in [-0.15, -0.1) is 23.6 Å². The molecule has 0 radical (unpaired) electrons. The predicted octanol–water partition coefficient (Wildman–Crippen LogP) is 1.27. The predicted molar refractivity (Wildman–Crippen MR) is 49.4 cm³/mol. The van der Waals surface area contributed by atoms with Crippen LogP contribution in [0.4, 0.5) is 0 Å². The van der Waals surface area contributed by atoms with Crippen molar-refractivity contribution in [3.63, 3.8) is 0 Å². The van der Waals surface area contributed by atoms with E-state index in [1.807, 2.05) is 0 Å². The van der Waals surface area contributed by atoms with E-state index in [9.17, 15) is 4.79 Å². The van der Waals surface area contributed by atoms with E-state index in [-0.39, 0.29) is 17.0 Å². The third kappa shape index (κ3) is 2.20. The Balaban J connectivity index is 0.00000121. The lowest BCUT2D eigenvalue weighted by molar-refractivity contribution is -0.139. The molecule has 1 aromatic rings. The fraction of sp³-hybridized carbons (Fsp3) is 0.143. The fourth-order valence-corrected chi connectivity index (χ4v) is 0.784. The summed E-state index contributed by atoms with van der Waals surface area (Å²) in [7, 11) is 0. The van der Waals surface area contributed by atoms with Gasteiger partial charge in [-0.3, -0.25) is 0 Å². The highest BCUT2D eigenvalue weighted by atomic mass is 79.9. The minimum atomic E-state index is -0.932. The zero-order valence-electron chi connectivity index (χ0n) is 6.25. The Hall–Kier alpha value is -1.10. The Morgan fingerprint density at radius 1 is 1.75 bits per heavy atom. The summed E-state index contributed by atoms with van der Waals surface area (Å²) in [5.74, 6) is -0.932. The van der Waals surface area contributed by atoms with Crippen molar-refractivity contribution in [3.8, 4) is 0 Å². The van der Waals surface area contributed by atoms with E-state index in [2.05, 4.69) is 11.6 Å². The van der Waals surface area contributed by atoms with Crippen LogP contribution in [0.25, 0.3) is 0 Å². The first kappa shape index (κ1) is 10.9. The molecule has 0 amide bonds. The van der Waals surface area contributed by atoms with Gasteiger partial charge in [0.05, 0.1) is 6.33 Å². The third-order valence-corrected chi connectivity index (χ3v) is 1.32. The molecule has 1 atom stereocenters. The molecule has 12 heavy (non-hydrogen) atoms. The van der Waals surface area contributed by atoms with Gasteiger partial charge in [-0.2, -0.15) is 0 Å². The number of aromatic nitrogens is 2. The van der Waals surface area contributed by atoms with E-state index in [0.29, 0.717) is 0 Å². The largest absolute Gasteiger partial charge is 0.479 e. The first-order valence-corrected chi connectivity index (χ1v) is 3.08. The van der Waals surface area contributed by atoms with Crippen LogP contribution in [-0.2, 0) is 4.79 Å². The molecule has 1 N–H and O–H groups in total. The van der Waals surface area contributed by atoms with Gasteiger partial charge in [0.2, 0.25) is 0 Å². The number of halogens is 1. The first-order valence-electron chi connectivity index (χ1n) is 3.08. The number of carboxylic acids is 1. The second kappa shape index (κ2) is 4.71. The lowest BCUT2D eigenvalue weighted by Gasteiger charge is -2.06. The quantitative estimate of drug-likeness (QED) is 0.800. The average Bonchev–Trinajstić information content (AvgIpc) is 2.40. The van der Waals surface area contributed by atoms with Crippen molar-refractivity contribution in [2.75, 3.05) is 0 Å². The summed E-state index contributed by atoms with van der Waals surface area (Å²) in [6.45, 7) is 3.41. The van der Waals surface area contributed by atoms with Gasteiger partial charge in [0, 0.05) is 12.4 Å². The van der Waals surface area contributed by atoms with Gasteiger partial charge in [-0.05, 0) is 0 Å². The van der Waals surface area contributed by atoms with Gasteiger partial charge in [-0.25, -0.2) is 9.78 Å². The number of hydrogen-bond acceptors (Lipinski definition) is 2. The lowest BCUT2D eigenvalue weighted by atomic mass is 10.3. The number of imidazole rings is 1. The molecule has 0 aromatic carbocycles. The normalized spacial score (nSPS) is 11.3. The monoisotopic (exact) mass is 232 g/mol. The van der Waals surface area contributed by atoms with Crippen molar-refractivity contribution < 1.29 is 9.90 Å². The van der Waals surface area contributed by atoms with Gasteiger partial charge in [0.25, 0.3) is 0 Å². The third-order valence-electron chi connectivity index (χ3n) is 1.32. The van der Waals surface area contributed by atoms with Crippen molar-refractivity contribution >= 4 is 23.0 Å². The summed E-state index contributed by atoms with van der Waals surface area (Å²) in [4.78, 5) is 14.2. The highest BCUT2D eigenvalue weighted by Crippen LogP contribution is 2.05. The average molecular weight is 233 g/mol. The Labute approximate surface area is 80.3 Å². The highest BCUT2D eigenvalue weighted by molar-refractivity contribution is 8.93. The zero-order chi connectivity index (χ0) is 8.27. The molecule has 0 spiro atoms. The number of nitrogens with zero attached hydrogens (tertiary/aromatic N) is 2. The van der Waals surface area contributed by atoms with Crippen LogP contribution >= 0.6 is 17.0 Å². The number of carboxylic acid groups (broad SMARTS) is 1. The maximum Gasteiger partial charge on any atom is 0.330 e. The minimum absolute atomic E-state index is 0. The molecule has 5 heteroatoms. The molecule has 1 aromatic heterocycles. The summed E-state index contributed by atoms with van der Waals surface area (Å²) in [6, 6.07) is -0.711. The van der Waals surface area contributed by atoms with E-state index < -0.39 is 12.0 Å². The Kier molecular flexibility index (Phi) is 4.28. The van der Waals surface area contributed by atoms with E-state index >= 15 is 0 Å². The summed E-state index contributed by atoms with van der Waals surface area (Å²) in [5, 5.41) is 8.63. The van der Waals surface area contributed by atoms with E-state index in [0.717, 1.165) is 0 Å². The van der Waals surface area contributed by atoms with Crippen LogP contribution in [0, 0.1) is 0 Å². The smallest absolute Gasteiger partial charge is 0.330 e. The van der Waals surface area contributed by atoms with Crippen molar-refractivity contribution in [3.05, 3.63) is 31.4 Å². The molecule has 0 saturated carbocycles. The van der Waals surface area contributed by atoms with Crippen LogP contribution < -0.4 is 0 Å². The fourth-order valence-electron chi connectivity index (χ4n) is 0.784. The Morgan fingerprint density at radius 2 is 2.42 bits per heavy atom. The molecule has 0 fully saturated rings. The topological polar surface area (TPSA) is 55.1 Å². The summed E-state index contributed by atoms with van der Waals surface area (Å²) in [5.41, 5.74) is 0. The molecule has 0 aliphatic heterocycles. The zero-order valence-corrected chi connectivity index (χ0v) is 7.97. The van der Waals surface area contributed by atoms with Gasteiger partial charge < -0.3 is 9.67 Å². The molecular weight excluding hydrogens is 224 g/mol. The molecule has 0 aliphatic carbocycles. The number of carbonyl (C=O) groups is 1. The molecule has 0 aliphatic rings. The summed E-state index contributed by atoms with van der Waals surface area (Å²) in [6.07, 6.45) is 5.91. The van der Waals surface area contributed by atoms with Gasteiger partial charge in [-0.1, -0.05) is 6.08 Å². The van der Waals surface area contributed by atoms with Crippen LogP contribution in [0.2, 0.25) is 0 Å². The van der Waals surface area contributed by atoms with Crippen molar-refractivity contribution in [1.29, 1.82) is 0 Å². The number of rotatable bonds is 3. The number of hydrogen-bond donors (Lipinski definition) is 1. The molecule has 1 heterocycles. The molecular formula is C7H9BrN2O2. The van der Waals surface area contributed by atoms with Crippen molar-refractivity contribution in [2.24, 2.45) is 0 Å². The maximum atomic E-state index is 10.5. The molecule has 4 nitrogen and oxygen atoms in total. The van der Waals surface area contributed by atoms with Crippen LogP contribution in [0.3, 0.4) is 0 Å². The number of aliphatic carboxylic acids is 1. The van der Waals surface area contributed by atoms with Crippen molar-refractivity contribution in [1.82, 2.24) is 9.55 Å². The Bertz CT molecular complexity index is 258. The summed E-state index contributed by atoms with van der Waals surface area (Å²) < 4.78 is 1.47. The van der Waals surface area contributed by atoms with E-state index in [1.54, 1.807) is 6.20 Å². The summed E-state index contributed by atoms with van der Waals surface area (Å²) >= 11 is 0. The van der Waals surface area contributed by atoms with Crippen LogP contribution in [0.15, 0.2) is 31.4 Å². The van der Waals surface area contributed by atoms with Gasteiger partial charge in [0.1, 0.15) is 6.04 Å². The van der Waals surface area contributed by atoms with Gasteiger partial charge in [0.15, 0.2) is 0 Å². The molecule has 1 rings (SSSR count). The standard InChI is InChI=1S/C7H8N2O2.BrH/c1-2-6(7(10)11)9-4-3-8-5-9;/h2-6H,1H2,(H,10,11);1H. The first-order chi connectivity index (χ1) is 5.25. The second-order valence-corrected chi connectivity index (χ2v) is 2.03. The van der Waals surface area contributed by atoms with E-state index in [4.69, 9.17) is 5.11 Å². The highest BCUT2D eigenvalue weighted by Gasteiger charge is 2.13. The van der Waals surface area contributed by atoms with Crippen LogP contribution in [-0.4, -0.2) is 20.6 Å².